The Morgan fingerprint density at radius 2 is 1.31 bits per heavy atom. The van der Waals surface area contributed by atoms with Gasteiger partial charge in [0.15, 0.2) is 0 Å². The van der Waals surface area contributed by atoms with Gasteiger partial charge in [-0.2, -0.15) is 0 Å². The van der Waals surface area contributed by atoms with Crippen LogP contribution in [0, 0.1) is 0 Å². The summed E-state index contributed by atoms with van der Waals surface area (Å²) in [6, 6.07) is 0. The largest absolute Gasteiger partial charge is 0.464 e. The van der Waals surface area contributed by atoms with Crippen LogP contribution in [0.3, 0.4) is 0 Å². The standard InChI is InChI=1S/C22H43NO2.ClH/c1-4-5-6-7-8-9-10-11-12-13-14-15-16-17-18-19-22(24)25-21-20-23(2)3;/h11-12H,4-10,13-21H2,1-3H3;1H/b12-11-;. The van der Waals surface area contributed by atoms with Gasteiger partial charge in [-0.3, -0.25) is 4.79 Å². The van der Waals surface area contributed by atoms with Crippen molar-refractivity contribution in [2.45, 2.75) is 96.8 Å². The SMILES string of the molecule is CCCCCCCC/C=C\CCCCCCCC(=O)OCCN(C)C.Cl. The Morgan fingerprint density at radius 1 is 0.808 bits per heavy atom. The highest BCUT2D eigenvalue weighted by Gasteiger charge is 2.02. The van der Waals surface area contributed by atoms with E-state index in [2.05, 4.69) is 19.1 Å². The molecule has 0 aliphatic rings. The van der Waals surface area contributed by atoms with Crippen molar-refractivity contribution in [3.63, 3.8) is 0 Å². The minimum atomic E-state index is -0.0422. The molecule has 0 rings (SSSR count). The maximum atomic E-state index is 11.5. The molecule has 3 nitrogen and oxygen atoms in total. The van der Waals surface area contributed by atoms with E-state index in [1.807, 2.05) is 19.0 Å². The van der Waals surface area contributed by atoms with Crippen molar-refractivity contribution in [3.8, 4) is 0 Å². The zero-order chi connectivity index (χ0) is 18.6. The molecule has 0 unspecified atom stereocenters. The Balaban J connectivity index is 0. The number of hydrogen-bond acceptors (Lipinski definition) is 3. The van der Waals surface area contributed by atoms with Crippen LogP contribution < -0.4 is 0 Å². The average molecular weight is 390 g/mol. The summed E-state index contributed by atoms with van der Waals surface area (Å²) in [5.74, 6) is -0.0422. The second-order valence-electron chi connectivity index (χ2n) is 7.36. The summed E-state index contributed by atoms with van der Waals surface area (Å²) in [6.45, 7) is 3.58. The molecule has 0 radical (unpaired) electrons. The van der Waals surface area contributed by atoms with Gasteiger partial charge in [0.2, 0.25) is 0 Å². The number of halogens is 1. The van der Waals surface area contributed by atoms with E-state index in [0.29, 0.717) is 13.0 Å². The monoisotopic (exact) mass is 389 g/mol. The highest BCUT2D eigenvalue weighted by molar-refractivity contribution is 5.85. The zero-order valence-electron chi connectivity index (χ0n) is 17.6. The molecule has 0 saturated carbocycles. The minimum Gasteiger partial charge on any atom is -0.464 e. The zero-order valence-corrected chi connectivity index (χ0v) is 18.5. The summed E-state index contributed by atoms with van der Waals surface area (Å²) in [7, 11) is 3.97. The smallest absolute Gasteiger partial charge is 0.305 e. The number of likely N-dealkylation sites (N-methyl/N-ethyl adjacent to an activating group) is 1. The maximum absolute atomic E-state index is 11.5. The van der Waals surface area contributed by atoms with Gasteiger partial charge in [0, 0.05) is 13.0 Å². The quantitative estimate of drug-likeness (QED) is 0.151. The molecule has 0 aliphatic heterocycles. The fourth-order valence-electron chi connectivity index (χ4n) is 2.75. The second kappa shape index (κ2) is 22.5. The molecule has 0 aliphatic carbocycles. The number of esters is 1. The number of nitrogens with zero attached hydrogens (tertiary/aromatic N) is 1. The lowest BCUT2D eigenvalue weighted by molar-refractivity contribution is -0.144. The van der Waals surface area contributed by atoms with E-state index >= 15 is 0 Å². The van der Waals surface area contributed by atoms with Crippen LogP contribution in [0.2, 0.25) is 0 Å². The lowest BCUT2D eigenvalue weighted by atomic mass is 10.1. The fraction of sp³-hybridized carbons (Fsp3) is 0.864. The van der Waals surface area contributed by atoms with Gasteiger partial charge in [-0.1, -0.05) is 70.4 Å². The Bertz CT molecular complexity index is 319. The van der Waals surface area contributed by atoms with E-state index < -0.39 is 0 Å². The van der Waals surface area contributed by atoms with Crippen molar-refractivity contribution >= 4 is 18.4 Å². The second-order valence-corrected chi connectivity index (χ2v) is 7.36. The lowest BCUT2D eigenvalue weighted by Gasteiger charge is -2.09. The number of ether oxygens (including phenoxy) is 1. The summed E-state index contributed by atoms with van der Waals surface area (Å²) >= 11 is 0. The van der Waals surface area contributed by atoms with Crippen LogP contribution in [0.1, 0.15) is 96.8 Å². The number of unbranched alkanes of at least 4 members (excludes halogenated alkanes) is 11. The first-order chi connectivity index (χ1) is 12.2. The van der Waals surface area contributed by atoms with Crippen LogP contribution in [0.15, 0.2) is 12.2 Å². The molecule has 0 fully saturated rings. The summed E-state index contributed by atoms with van der Waals surface area (Å²) in [4.78, 5) is 13.5. The van der Waals surface area contributed by atoms with Gasteiger partial charge in [0.05, 0.1) is 0 Å². The summed E-state index contributed by atoms with van der Waals surface area (Å²) in [5, 5.41) is 0. The molecule has 0 aromatic heterocycles. The highest BCUT2D eigenvalue weighted by atomic mass is 35.5. The molecule has 0 N–H and O–H groups in total. The number of rotatable bonds is 18. The van der Waals surface area contributed by atoms with Gasteiger partial charge in [0.1, 0.15) is 6.61 Å². The van der Waals surface area contributed by atoms with Crippen LogP contribution in [-0.4, -0.2) is 38.1 Å². The number of carbonyl (C=O) groups is 1. The molecule has 0 amide bonds. The van der Waals surface area contributed by atoms with Gasteiger partial charge in [0.25, 0.3) is 0 Å². The number of allylic oxidation sites excluding steroid dienone is 2. The molecule has 0 atom stereocenters. The van der Waals surface area contributed by atoms with E-state index in [0.717, 1.165) is 19.4 Å². The van der Waals surface area contributed by atoms with Crippen molar-refractivity contribution in [1.29, 1.82) is 0 Å². The van der Waals surface area contributed by atoms with Crippen LogP contribution in [0.25, 0.3) is 0 Å². The molecule has 0 spiro atoms. The topological polar surface area (TPSA) is 29.5 Å². The third-order valence-corrected chi connectivity index (χ3v) is 4.44. The van der Waals surface area contributed by atoms with E-state index in [1.54, 1.807) is 0 Å². The Hall–Kier alpha value is -0.540. The molecule has 0 bridgehead atoms. The number of hydrogen-bond donors (Lipinski definition) is 0. The number of carbonyl (C=O) groups excluding carboxylic acids is 1. The van der Waals surface area contributed by atoms with Gasteiger partial charge in [-0.05, 0) is 46.2 Å². The molecule has 0 heterocycles. The Kier molecular flexibility index (Phi) is 24.0. The van der Waals surface area contributed by atoms with E-state index in [1.165, 1.54) is 70.6 Å². The van der Waals surface area contributed by atoms with Gasteiger partial charge in [-0.25, -0.2) is 0 Å². The molecule has 26 heavy (non-hydrogen) atoms. The molecule has 0 aromatic rings. The molecular weight excluding hydrogens is 346 g/mol. The Morgan fingerprint density at radius 3 is 1.85 bits per heavy atom. The molecule has 0 saturated heterocycles. The van der Waals surface area contributed by atoms with Crippen LogP contribution >= 0.6 is 12.4 Å². The van der Waals surface area contributed by atoms with Crippen molar-refractivity contribution < 1.29 is 9.53 Å². The van der Waals surface area contributed by atoms with Gasteiger partial charge in [-0.15, -0.1) is 12.4 Å². The van der Waals surface area contributed by atoms with Crippen LogP contribution in [0.5, 0.6) is 0 Å². The predicted molar refractivity (Wildman–Crippen MR) is 116 cm³/mol. The first kappa shape index (κ1) is 27.7. The van der Waals surface area contributed by atoms with Gasteiger partial charge < -0.3 is 9.64 Å². The van der Waals surface area contributed by atoms with Crippen molar-refractivity contribution in [2.24, 2.45) is 0 Å². The van der Waals surface area contributed by atoms with Gasteiger partial charge >= 0.3 is 5.97 Å². The summed E-state index contributed by atoms with van der Waals surface area (Å²) in [6.07, 6.45) is 21.9. The van der Waals surface area contributed by atoms with Crippen molar-refractivity contribution in [1.82, 2.24) is 4.90 Å². The van der Waals surface area contributed by atoms with Crippen molar-refractivity contribution in [2.75, 3.05) is 27.2 Å². The summed E-state index contributed by atoms with van der Waals surface area (Å²) < 4.78 is 5.18. The highest BCUT2D eigenvalue weighted by Crippen LogP contribution is 2.10. The fourth-order valence-corrected chi connectivity index (χ4v) is 2.75. The van der Waals surface area contributed by atoms with E-state index in [-0.39, 0.29) is 18.4 Å². The maximum Gasteiger partial charge on any atom is 0.305 e. The first-order valence-electron chi connectivity index (χ1n) is 10.6. The van der Waals surface area contributed by atoms with Crippen LogP contribution in [-0.2, 0) is 9.53 Å². The third kappa shape index (κ3) is 23.5. The minimum absolute atomic E-state index is 0. The molecular formula is C22H44ClNO2. The van der Waals surface area contributed by atoms with E-state index in [4.69, 9.17) is 4.74 Å². The first-order valence-corrected chi connectivity index (χ1v) is 10.6. The summed E-state index contributed by atoms with van der Waals surface area (Å²) in [5.41, 5.74) is 0. The molecule has 156 valence electrons. The van der Waals surface area contributed by atoms with Crippen LogP contribution in [0.4, 0.5) is 0 Å². The molecule has 4 heteroatoms. The lowest BCUT2D eigenvalue weighted by Crippen LogP contribution is -2.20. The third-order valence-electron chi connectivity index (χ3n) is 4.44. The molecule has 0 aromatic carbocycles. The Labute approximate surface area is 169 Å². The van der Waals surface area contributed by atoms with Crippen molar-refractivity contribution in [3.05, 3.63) is 12.2 Å². The van der Waals surface area contributed by atoms with E-state index in [9.17, 15) is 4.79 Å². The predicted octanol–water partition coefficient (Wildman–Crippen LogP) is 6.55. The average Bonchev–Trinajstić information content (AvgIpc) is 2.58. The normalized spacial score (nSPS) is 11.1.